The maximum atomic E-state index is 8.83. The van der Waals surface area contributed by atoms with Crippen molar-refractivity contribution in [1.82, 2.24) is 0 Å². The summed E-state index contributed by atoms with van der Waals surface area (Å²) in [5.74, 6) is 1.09. The lowest BCUT2D eigenvalue weighted by Gasteiger charge is -2.31. The zero-order valence-corrected chi connectivity index (χ0v) is 11.9. The zero-order chi connectivity index (χ0) is 13.9. The van der Waals surface area contributed by atoms with Crippen LogP contribution in [0.3, 0.4) is 0 Å². The van der Waals surface area contributed by atoms with E-state index >= 15 is 0 Å². The van der Waals surface area contributed by atoms with E-state index in [9.17, 15) is 0 Å². The number of nitrogen functional groups attached to an aromatic ring is 1. The Bertz CT molecular complexity index is 658. The van der Waals surface area contributed by atoms with Gasteiger partial charge in [-0.2, -0.15) is 5.26 Å². The number of hydrogen-bond donors (Lipinski definition) is 1. The van der Waals surface area contributed by atoms with Crippen LogP contribution in [0.25, 0.3) is 0 Å². The number of nitrogens with two attached hydrogens (primary N) is 1. The summed E-state index contributed by atoms with van der Waals surface area (Å²) >= 11 is 1.88. The van der Waals surface area contributed by atoms with Crippen LogP contribution in [0, 0.1) is 11.3 Å². The first-order valence-electron chi connectivity index (χ1n) is 6.52. The first kappa shape index (κ1) is 12.9. The quantitative estimate of drug-likeness (QED) is 0.859. The van der Waals surface area contributed by atoms with Gasteiger partial charge in [-0.05, 0) is 35.9 Å². The molecular weight excluding hydrogens is 266 g/mol. The molecule has 1 aliphatic heterocycles. The fourth-order valence-corrected chi connectivity index (χ4v) is 3.39. The van der Waals surface area contributed by atoms with E-state index in [0.29, 0.717) is 5.56 Å². The fourth-order valence-electron chi connectivity index (χ4n) is 2.36. The molecule has 3 rings (SSSR count). The lowest BCUT2D eigenvalue weighted by atomic mass is 10.1. The highest BCUT2D eigenvalue weighted by molar-refractivity contribution is 7.99. The summed E-state index contributed by atoms with van der Waals surface area (Å²) in [6, 6.07) is 16.0. The Balaban J connectivity index is 1.85. The molecule has 0 fully saturated rings. The highest BCUT2D eigenvalue weighted by Crippen LogP contribution is 2.36. The number of rotatable bonds is 2. The molecule has 0 atom stereocenters. The molecule has 0 unspecified atom stereocenters. The minimum Gasteiger partial charge on any atom is -0.399 e. The Hall–Kier alpha value is -2.12. The Morgan fingerprint density at radius 3 is 2.75 bits per heavy atom. The summed E-state index contributed by atoms with van der Waals surface area (Å²) in [7, 11) is 0. The molecule has 0 aromatic heterocycles. The lowest BCUT2D eigenvalue weighted by molar-refractivity contribution is 0.818. The summed E-state index contributed by atoms with van der Waals surface area (Å²) in [4.78, 5) is 3.64. The van der Waals surface area contributed by atoms with Crippen molar-refractivity contribution in [2.45, 2.75) is 11.4 Å². The SMILES string of the molecule is N#Cc1ccc(CN2CCSc3ccc(N)cc32)cc1. The van der Waals surface area contributed by atoms with Gasteiger partial charge in [0.2, 0.25) is 0 Å². The van der Waals surface area contributed by atoms with E-state index < -0.39 is 0 Å². The second-order valence-corrected chi connectivity index (χ2v) is 5.94. The summed E-state index contributed by atoms with van der Waals surface area (Å²) in [6.07, 6.45) is 0. The van der Waals surface area contributed by atoms with Crippen molar-refractivity contribution in [3.63, 3.8) is 0 Å². The fraction of sp³-hybridized carbons (Fsp3) is 0.188. The van der Waals surface area contributed by atoms with Crippen LogP contribution in [0.1, 0.15) is 11.1 Å². The van der Waals surface area contributed by atoms with Crippen molar-refractivity contribution in [2.75, 3.05) is 22.9 Å². The summed E-state index contributed by atoms with van der Waals surface area (Å²) in [6.45, 7) is 1.86. The predicted molar refractivity (Wildman–Crippen MR) is 83.8 cm³/mol. The van der Waals surface area contributed by atoms with E-state index in [1.54, 1.807) is 0 Å². The van der Waals surface area contributed by atoms with E-state index in [2.05, 4.69) is 17.0 Å². The van der Waals surface area contributed by atoms with Crippen LogP contribution < -0.4 is 10.6 Å². The number of thioether (sulfide) groups is 1. The number of hydrogen-bond acceptors (Lipinski definition) is 4. The van der Waals surface area contributed by atoms with Crippen molar-refractivity contribution in [3.05, 3.63) is 53.6 Å². The first-order valence-corrected chi connectivity index (χ1v) is 7.51. The lowest BCUT2D eigenvalue weighted by Crippen LogP contribution is -2.28. The highest BCUT2D eigenvalue weighted by Gasteiger charge is 2.17. The van der Waals surface area contributed by atoms with Crippen LogP contribution in [-0.2, 0) is 6.54 Å². The smallest absolute Gasteiger partial charge is 0.0991 e. The van der Waals surface area contributed by atoms with E-state index in [-0.39, 0.29) is 0 Å². The van der Waals surface area contributed by atoms with Gasteiger partial charge in [0.25, 0.3) is 0 Å². The summed E-state index contributed by atoms with van der Waals surface area (Å²) in [5.41, 5.74) is 9.83. The molecule has 0 aliphatic carbocycles. The maximum absolute atomic E-state index is 8.83. The van der Waals surface area contributed by atoms with Gasteiger partial charge in [0.1, 0.15) is 0 Å². The molecule has 1 heterocycles. The Labute approximate surface area is 123 Å². The number of nitriles is 1. The third kappa shape index (κ3) is 2.59. The molecule has 0 saturated heterocycles. The van der Waals surface area contributed by atoms with Crippen molar-refractivity contribution in [2.24, 2.45) is 0 Å². The van der Waals surface area contributed by atoms with E-state index in [1.807, 2.05) is 48.2 Å². The van der Waals surface area contributed by atoms with Gasteiger partial charge in [0.15, 0.2) is 0 Å². The van der Waals surface area contributed by atoms with Crippen LogP contribution in [0.4, 0.5) is 11.4 Å². The molecular formula is C16H15N3S. The molecule has 0 saturated carbocycles. The van der Waals surface area contributed by atoms with Crippen molar-refractivity contribution in [1.29, 1.82) is 5.26 Å². The molecule has 0 amide bonds. The molecule has 0 radical (unpaired) electrons. The number of benzene rings is 2. The maximum Gasteiger partial charge on any atom is 0.0991 e. The van der Waals surface area contributed by atoms with Crippen LogP contribution in [0.5, 0.6) is 0 Å². The summed E-state index contributed by atoms with van der Waals surface area (Å²) < 4.78 is 0. The van der Waals surface area contributed by atoms with Gasteiger partial charge in [-0.1, -0.05) is 12.1 Å². The largest absolute Gasteiger partial charge is 0.399 e. The second kappa shape index (κ2) is 5.48. The second-order valence-electron chi connectivity index (χ2n) is 4.81. The van der Waals surface area contributed by atoms with E-state index in [4.69, 9.17) is 11.0 Å². The van der Waals surface area contributed by atoms with Gasteiger partial charge in [0.05, 0.1) is 17.3 Å². The minimum atomic E-state index is 0.701. The topological polar surface area (TPSA) is 53.0 Å². The van der Waals surface area contributed by atoms with Crippen LogP contribution in [0.2, 0.25) is 0 Å². The van der Waals surface area contributed by atoms with Crippen LogP contribution in [-0.4, -0.2) is 12.3 Å². The van der Waals surface area contributed by atoms with Gasteiger partial charge in [-0.15, -0.1) is 11.8 Å². The molecule has 0 bridgehead atoms. The molecule has 2 N–H and O–H groups in total. The monoisotopic (exact) mass is 281 g/mol. The van der Waals surface area contributed by atoms with Gasteiger partial charge in [0, 0.05) is 29.4 Å². The molecule has 3 nitrogen and oxygen atoms in total. The number of nitrogens with zero attached hydrogens (tertiary/aromatic N) is 2. The van der Waals surface area contributed by atoms with Gasteiger partial charge in [-0.25, -0.2) is 0 Å². The molecule has 4 heteroatoms. The highest BCUT2D eigenvalue weighted by atomic mass is 32.2. The molecule has 20 heavy (non-hydrogen) atoms. The Morgan fingerprint density at radius 1 is 1.20 bits per heavy atom. The van der Waals surface area contributed by atoms with Crippen LogP contribution in [0.15, 0.2) is 47.4 Å². The normalized spacial score (nSPS) is 13.7. The van der Waals surface area contributed by atoms with E-state index in [1.165, 1.54) is 16.1 Å². The van der Waals surface area contributed by atoms with Crippen molar-refractivity contribution >= 4 is 23.1 Å². The Morgan fingerprint density at radius 2 is 2.00 bits per heavy atom. The third-order valence-corrected chi connectivity index (χ3v) is 4.44. The average molecular weight is 281 g/mol. The number of anilines is 2. The van der Waals surface area contributed by atoms with Gasteiger partial charge in [-0.3, -0.25) is 0 Å². The van der Waals surface area contributed by atoms with Crippen molar-refractivity contribution < 1.29 is 0 Å². The third-order valence-electron chi connectivity index (χ3n) is 3.40. The molecule has 1 aliphatic rings. The van der Waals surface area contributed by atoms with Crippen molar-refractivity contribution in [3.8, 4) is 6.07 Å². The standard InChI is InChI=1S/C16H15N3S/c17-10-12-1-3-13(4-2-12)11-19-7-8-20-16-6-5-14(18)9-15(16)19/h1-6,9H,7-8,11,18H2. The average Bonchev–Trinajstić information content (AvgIpc) is 2.49. The molecule has 0 spiro atoms. The summed E-state index contributed by atoms with van der Waals surface area (Å²) in [5, 5.41) is 8.83. The zero-order valence-electron chi connectivity index (χ0n) is 11.0. The number of fused-ring (bicyclic) bond motifs is 1. The molecule has 2 aromatic carbocycles. The van der Waals surface area contributed by atoms with Gasteiger partial charge < -0.3 is 10.6 Å². The minimum absolute atomic E-state index is 0.701. The van der Waals surface area contributed by atoms with Crippen LogP contribution >= 0.6 is 11.8 Å². The molecule has 2 aromatic rings. The van der Waals surface area contributed by atoms with Gasteiger partial charge >= 0.3 is 0 Å². The predicted octanol–water partition coefficient (Wildman–Crippen LogP) is 3.25. The van der Waals surface area contributed by atoms with E-state index in [0.717, 1.165) is 24.5 Å². The Kier molecular flexibility index (Phi) is 3.53. The molecule has 100 valence electrons. The first-order chi connectivity index (χ1) is 9.76.